The molecule has 0 aliphatic rings. The summed E-state index contributed by atoms with van der Waals surface area (Å²) in [6, 6.07) is 14.5. The zero-order chi connectivity index (χ0) is 20.5. The molecule has 7 heteroatoms. The molecule has 148 valence electrons. The smallest absolute Gasteiger partial charge is 0.226 e. The summed E-state index contributed by atoms with van der Waals surface area (Å²) in [4.78, 5) is 35.7. The summed E-state index contributed by atoms with van der Waals surface area (Å²) in [5, 5.41) is 8.31. The molecule has 0 radical (unpaired) electrons. The van der Waals surface area contributed by atoms with Crippen LogP contribution in [0.3, 0.4) is 0 Å². The van der Waals surface area contributed by atoms with Crippen LogP contribution in [0.15, 0.2) is 53.0 Å². The van der Waals surface area contributed by atoms with E-state index in [2.05, 4.69) is 31.9 Å². The van der Waals surface area contributed by atoms with Crippen molar-refractivity contribution in [2.24, 2.45) is 0 Å². The highest BCUT2D eigenvalue weighted by Gasteiger charge is 2.17. The molecule has 2 aromatic rings. The number of nitrogens with one attached hydrogen (secondary N) is 3. The van der Waals surface area contributed by atoms with Gasteiger partial charge in [-0.25, -0.2) is 0 Å². The van der Waals surface area contributed by atoms with Crippen molar-refractivity contribution in [1.82, 2.24) is 10.6 Å². The molecule has 0 spiro atoms. The predicted molar refractivity (Wildman–Crippen MR) is 113 cm³/mol. The highest BCUT2D eigenvalue weighted by Crippen LogP contribution is 2.18. The summed E-state index contributed by atoms with van der Waals surface area (Å²) in [6.07, 6.45) is 0.272. The molecule has 0 aromatic heterocycles. The molecule has 1 atom stereocenters. The van der Waals surface area contributed by atoms with Crippen molar-refractivity contribution in [2.45, 2.75) is 32.7 Å². The fraction of sp³-hybridized carbons (Fsp3) is 0.286. The third kappa shape index (κ3) is 7.52. The molecule has 0 saturated carbocycles. The second kappa shape index (κ2) is 10.6. The first-order valence-electron chi connectivity index (χ1n) is 8.99. The average molecular weight is 446 g/mol. The lowest BCUT2D eigenvalue weighted by Gasteiger charge is -2.18. The minimum Gasteiger partial charge on any atom is -0.356 e. The van der Waals surface area contributed by atoms with E-state index in [1.807, 2.05) is 43.3 Å². The van der Waals surface area contributed by atoms with Gasteiger partial charge in [0.25, 0.3) is 0 Å². The second-order valence-corrected chi connectivity index (χ2v) is 7.44. The molecule has 0 heterocycles. The molecular weight excluding hydrogens is 422 g/mol. The lowest BCUT2D eigenvalue weighted by Crippen LogP contribution is -2.33. The third-order valence-corrected chi connectivity index (χ3v) is 4.58. The standard InChI is InChI=1S/C21H24BrN3O3/c1-14-3-5-16(6-4-14)19(24-15(2)26)13-21(28)23-12-11-20(27)25-18-9-7-17(22)8-10-18/h3-10,19H,11-13H2,1-2H3,(H,23,28)(H,24,26)(H,25,27). The van der Waals surface area contributed by atoms with Gasteiger partial charge in [-0.15, -0.1) is 0 Å². The van der Waals surface area contributed by atoms with Crippen LogP contribution in [-0.4, -0.2) is 24.3 Å². The second-order valence-electron chi connectivity index (χ2n) is 6.52. The number of carbonyl (C=O) groups excluding carboxylic acids is 3. The Morgan fingerprint density at radius 1 is 0.964 bits per heavy atom. The summed E-state index contributed by atoms with van der Waals surface area (Å²) >= 11 is 3.34. The molecule has 28 heavy (non-hydrogen) atoms. The van der Waals surface area contributed by atoms with E-state index in [-0.39, 0.29) is 37.1 Å². The molecule has 0 aliphatic heterocycles. The number of amides is 3. The van der Waals surface area contributed by atoms with Gasteiger partial charge in [0.05, 0.1) is 12.5 Å². The van der Waals surface area contributed by atoms with Crippen LogP contribution in [0, 0.1) is 6.92 Å². The summed E-state index contributed by atoms with van der Waals surface area (Å²) in [5.41, 5.74) is 2.67. The van der Waals surface area contributed by atoms with Gasteiger partial charge < -0.3 is 16.0 Å². The van der Waals surface area contributed by atoms with Crippen LogP contribution in [0.1, 0.15) is 36.9 Å². The van der Waals surface area contributed by atoms with Gasteiger partial charge >= 0.3 is 0 Å². The molecule has 2 rings (SSSR count). The van der Waals surface area contributed by atoms with Crippen molar-refractivity contribution in [2.75, 3.05) is 11.9 Å². The number of hydrogen-bond acceptors (Lipinski definition) is 3. The van der Waals surface area contributed by atoms with Crippen molar-refractivity contribution in [3.63, 3.8) is 0 Å². The maximum absolute atomic E-state index is 12.3. The van der Waals surface area contributed by atoms with Crippen molar-refractivity contribution in [1.29, 1.82) is 0 Å². The van der Waals surface area contributed by atoms with E-state index in [0.717, 1.165) is 15.6 Å². The Balaban J connectivity index is 1.81. The molecule has 0 aliphatic carbocycles. The molecule has 0 bridgehead atoms. The predicted octanol–water partition coefficient (Wildman–Crippen LogP) is 3.47. The highest BCUT2D eigenvalue weighted by atomic mass is 79.9. The first kappa shape index (κ1) is 21.6. The average Bonchev–Trinajstić information content (AvgIpc) is 2.63. The molecule has 3 amide bonds. The van der Waals surface area contributed by atoms with E-state index >= 15 is 0 Å². The van der Waals surface area contributed by atoms with E-state index in [0.29, 0.717) is 5.69 Å². The maximum atomic E-state index is 12.3. The molecule has 0 saturated heterocycles. The fourth-order valence-corrected chi connectivity index (χ4v) is 2.89. The number of aryl methyl sites for hydroxylation is 1. The maximum Gasteiger partial charge on any atom is 0.226 e. The molecule has 0 fully saturated rings. The Morgan fingerprint density at radius 2 is 1.61 bits per heavy atom. The largest absolute Gasteiger partial charge is 0.356 e. The topological polar surface area (TPSA) is 87.3 Å². The van der Waals surface area contributed by atoms with E-state index in [9.17, 15) is 14.4 Å². The van der Waals surface area contributed by atoms with Crippen molar-refractivity contribution >= 4 is 39.3 Å². The number of benzene rings is 2. The van der Waals surface area contributed by atoms with E-state index < -0.39 is 6.04 Å². The number of hydrogen-bond donors (Lipinski definition) is 3. The minimum atomic E-state index is -0.408. The van der Waals surface area contributed by atoms with Crippen LogP contribution in [0.2, 0.25) is 0 Å². The van der Waals surface area contributed by atoms with Gasteiger partial charge in [-0.2, -0.15) is 0 Å². The van der Waals surface area contributed by atoms with Crippen LogP contribution in [0.5, 0.6) is 0 Å². The van der Waals surface area contributed by atoms with Crippen LogP contribution >= 0.6 is 15.9 Å². The monoisotopic (exact) mass is 445 g/mol. The molecule has 6 nitrogen and oxygen atoms in total. The highest BCUT2D eigenvalue weighted by molar-refractivity contribution is 9.10. The molecule has 3 N–H and O–H groups in total. The zero-order valence-corrected chi connectivity index (χ0v) is 17.5. The van der Waals surface area contributed by atoms with E-state index in [1.54, 1.807) is 12.1 Å². The van der Waals surface area contributed by atoms with E-state index in [1.165, 1.54) is 6.92 Å². The van der Waals surface area contributed by atoms with Gasteiger partial charge in [0.1, 0.15) is 0 Å². The lowest BCUT2D eigenvalue weighted by molar-refractivity contribution is -0.122. The van der Waals surface area contributed by atoms with Crippen LogP contribution in [0.4, 0.5) is 5.69 Å². The summed E-state index contributed by atoms with van der Waals surface area (Å²) in [6.45, 7) is 3.62. The Bertz CT molecular complexity index is 820. The third-order valence-electron chi connectivity index (χ3n) is 4.05. The Kier molecular flexibility index (Phi) is 8.19. The van der Waals surface area contributed by atoms with Gasteiger partial charge in [-0.3, -0.25) is 14.4 Å². The van der Waals surface area contributed by atoms with Gasteiger partial charge in [0.15, 0.2) is 0 Å². The summed E-state index contributed by atoms with van der Waals surface area (Å²) < 4.78 is 0.931. The summed E-state index contributed by atoms with van der Waals surface area (Å²) in [5.74, 6) is -0.609. The van der Waals surface area contributed by atoms with Gasteiger partial charge in [0, 0.05) is 30.0 Å². The quantitative estimate of drug-likeness (QED) is 0.581. The van der Waals surface area contributed by atoms with Gasteiger partial charge in [-0.1, -0.05) is 45.8 Å². The SMILES string of the molecule is CC(=O)NC(CC(=O)NCCC(=O)Nc1ccc(Br)cc1)c1ccc(C)cc1. The molecule has 1 unspecified atom stereocenters. The molecular formula is C21H24BrN3O3. The van der Waals surface area contributed by atoms with Crippen LogP contribution in [-0.2, 0) is 14.4 Å². The molecule has 2 aromatic carbocycles. The fourth-order valence-electron chi connectivity index (χ4n) is 2.63. The number of anilines is 1. The van der Waals surface area contributed by atoms with Crippen molar-refractivity contribution < 1.29 is 14.4 Å². The van der Waals surface area contributed by atoms with E-state index in [4.69, 9.17) is 0 Å². The Morgan fingerprint density at radius 3 is 2.21 bits per heavy atom. The lowest BCUT2D eigenvalue weighted by atomic mass is 10.0. The first-order valence-corrected chi connectivity index (χ1v) is 9.78. The number of carbonyl (C=O) groups is 3. The normalized spacial score (nSPS) is 11.4. The summed E-state index contributed by atoms with van der Waals surface area (Å²) in [7, 11) is 0. The Labute approximate surface area is 173 Å². The number of halogens is 1. The first-order chi connectivity index (χ1) is 13.3. The minimum absolute atomic E-state index is 0.108. The van der Waals surface area contributed by atoms with Gasteiger partial charge in [-0.05, 0) is 36.8 Å². The Hall–Kier alpha value is -2.67. The van der Waals surface area contributed by atoms with Crippen LogP contribution in [0.25, 0.3) is 0 Å². The van der Waals surface area contributed by atoms with Crippen molar-refractivity contribution in [3.8, 4) is 0 Å². The van der Waals surface area contributed by atoms with Gasteiger partial charge in [0.2, 0.25) is 17.7 Å². The number of rotatable bonds is 8. The van der Waals surface area contributed by atoms with Crippen LogP contribution < -0.4 is 16.0 Å². The van der Waals surface area contributed by atoms with Crippen molar-refractivity contribution in [3.05, 3.63) is 64.1 Å². The zero-order valence-electron chi connectivity index (χ0n) is 15.9.